The third-order valence-electron chi connectivity index (χ3n) is 4.40. The fourth-order valence-corrected chi connectivity index (χ4v) is 2.99. The third-order valence-corrected chi connectivity index (χ3v) is 4.40. The Morgan fingerprint density at radius 1 is 1.04 bits per heavy atom. The molecule has 0 saturated carbocycles. The van der Waals surface area contributed by atoms with E-state index < -0.39 is 5.41 Å². The fourth-order valence-electron chi connectivity index (χ4n) is 2.99. The fraction of sp³-hybridized carbons (Fsp3) is 0.318. The number of ether oxygens (including phenoxy) is 1. The molecule has 3 rings (SSSR count). The Bertz CT molecular complexity index is 900. The lowest BCUT2D eigenvalue weighted by molar-refractivity contribution is 0.0860. The number of Topliss-reactive ketones (excluding diaryl/α,β-unsaturated/α-hetero) is 1. The number of aromatic nitrogens is 1. The molecule has 0 aliphatic rings. The van der Waals surface area contributed by atoms with Crippen LogP contribution in [0.2, 0.25) is 0 Å². The second kappa shape index (κ2) is 6.75. The topological polar surface area (TPSA) is 31.2 Å². The summed E-state index contributed by atoms with van der Waals surface area (Å²) >= 11 is 0. The van der Waals surface area contributed by atoms with E-state index in [9.17, 15) is 4.79 Å². The molecule has 3 heteroatoms. The standard InChI is InChI=1S/C22H25NO2/c1-16-9-5-8-12-20(16)25-14-13-23-15-18(21(24)22(2,3)4)17-10-6-7-11-19(17)23/h5-12,15H,13-14H2,1-4H3. The molecule has 1 aromatic heterocycles. The summed E-state index contributed by atoms with van der Waals surface area (Å²) in [7, 11) is 0. The number of rotatable bonds is 5. The van der Waals surface area contributed by atoms with Crippen LogP contribution in [-0.4, -0.2) is 17.0 Å². The van der Waals surface area contributed by atoms with Crippen LogP contribution in [0.1, 0.15) is 36.7 Å². The van der Waals surface area contributed by atoms with Gasteiger partial charge in [0.15, 0.2) is 5.78 Å². The van der Waals surface area contributed by atoms with Crippen LogP contribution in [0.3, 0.4) is 0 Å². The van der Waals surface area contributed by atoms with Crippen molar-refractivity contribution in [1.82, 2.24) is 4.57 Å². The molecule has 0 bridgehead atoms. The van der Waals surface area contributed by atoms with Gasteiger partial charge in [0.2, 0.25) is 0 Å². The van der Waals surface area contributed by atoms with Crippen LogP contribution in [0.15, 0.2) is 54.7 Å². The van der Waals surface area contributed by atoms with Crippen LogP contribution in [0, 0.1) is 12.3 Å². The lowest BCUT2D eigenvalue weighted by Gasteiger charge is -2.15. The van der Waals surface area contributed by atoms with Gasteiger partial charge in [0.25, 0.3) is 0 Å². The van der Waals surface area contributed by atoms with E-state index in [2.05, 4.69) is 10.6 Å². The van der Waals surface area contributed by atoms with E-state index in [1.807, 2.05) is 76.4 Å². The summed E-state index contributed by atoms with van der Waals surface area (Å²) in [5, 5.41) is 1.01. The van der Waals surface area contributed by atoms with Crippen molar-refractivity contribution in [2.45, 2.75) is 34.2 Å². The third kappa shape index (κ3) is 3.60. The number of ketones is 1. The molecule has 0 aliphatic carbocycles. The van der Waals surface area contributed by atoms with Crippen LogP contribution < -0.4 is 4.74 Å². The molecule has 2 aromatic carbocycles. The Hall–Kier alpha value is -2.55. The summed E-state index contributed by atoms with van der Waals surface area (Å²) in [4.78, 5) is 12.8. The molecule has 0 amide bonds. The monoisotopic (exact) mass is 335 g/mol. The molecule has 0 fully saturated rings. The van der Waals surface area contributed by atoms with Gasteiger partial charge in [-0.3, -0.25) is 4.79 Å². The number of nitrogens with zero attached hydrogens (tertiary/aromatic N) is 1. The highest BCUT2D eigenvalue weighted by atomic mass is 16.5. The number of aryl methyl sites for hydroxylation is 1. The van der Waals surface area contributed by atoms with Gasteiger partial charge in [-0.05, 0) is 24.6 Å². The number of para-hydroxylation sites is 2. The average molecular weight is 335 g/mol. The first kappa shape index (κ1) is 17.3. The van der Waals surface area contributed by atoms with Crippen molar-refractivity contribution in [3.63, 3.8) is 0 Å². The maximum atomic E-state index is 12.8. The molecule has 130 valence electrons. The Morgan fingerprint density at radius 2 is 1.72 bits per heavy atom. The van der Waals surface area contributed by atoms with Crippen molar-refractivity contribution in [2.75, 3.05) is 6.61 Å². The smallest absolute Gasteiger partial charge is 0.170 e. The van der Waals surface area contributed by atoms with Crippen molar-refractivity contribution >= 4 is 16.7 Å². The molecule has 0 spiro atoms. The summed E-state index contributed by atoms with van der Waals surface area (Å²) < 4.78 is 8.04. The molecule has 0 radical (unpaired) electrons. The van der Waals surface area contributed by atoms with Gasteiger partial charge >= 0.3 is 0 Å². The lowest BCUT2D eigenvalue weighted by Crippen LogP contribution is -2.20. The molecule has 25 heavy (non-hydrogen) atoms. The first-order chi connectivity index (χ1) is 11.9. The summed E-state index contributed by atoms with van der Waals surface area (Å²) in [6.07, 6.45) is 1.97. The molecule has 3 nitrogen and oxygen atoms in total. The van der Waals surface area contributed by atoms with Crippen molar-refractivity contribution in [3.05, 3.63) is 65.9 Å². The Kier molecular flexibility index (Phi) is 4.67. The maximum Gasteiger partial charge on any atom is 0.170 e. The van der Waals surface area contributed by atoms with Gasteiger partial charge in [-0.25, -0.2) is 0 Å². The van der Waals surface area contributed by atoms with Gasteiger partial charge in [-0.2, -0.15) is 0 Å². The molecule has 0 aliphatic heterocycles. The predicted molar refractivity (Wildman–Crippen MR) is 102 cm³/mol. The van der Waals surface area contributed by atoms with Crippen LogP contribution in [0.5, 0.6) is 5.75 Å². The van der Waals surface area contributed by atoms with Crippen molar-refractivity contribution in [3.8, 4) is 5.75 Å². The summed E-state index contributed by atoms with van der Waals surface area (Å²) in [5.41, 5.74) is 2.60. The lowest BCUT2D eigenvalue weighted by atomic mass is 9.86. The first-order valence-corrected chi connectivity index (χ1v) is 8.69. The maximum absolute atomic E-state index is 12.8. The van der Waals surface area contributed by atoms with Gasteiger partial charge in [0, 0.05) is 28.1 Å². The second-order valence-electron chi connectivity index (χ2n) is 7.45. The molecule has 3 aromatic rings. The normalized spacial score (nSPS) is 11.7. The minimum absolute atomic E-state index is 0.169. The van der Waals surface area contributed by atoms with Crippen LogP contribution >= 0.6 is 0 Å². The van der Waals surface area contributed by atoms with E-state index in [4.69, 9.17) is 4.74 Å². The zero-order chi connectivity index (χ0) is 18.0. The highest BCUT2D eigenvalue weighted by Gasteiger charge is 2.26. The number of hydrogen-bond donors (Lipinski definition) is 0. The predicted octanol–water partition coefficient (Wildman–Crippen LogP) is 5.26. The number of hydrogen-bond acceptors (Lipinski definition) is 2. The second-order valence-corrected chi connectivity index (χ2v) is 7.45. The molecule has 0 unspecified atom stereocenters. The first-order valence-electron chi connectivity index (χ1n) is 8.69. The van der Waals surface area contributed by atoms with Gasteiger partial charge in [0.05, 0.1) is 6.54 Å². The number of benzene rings is 2. The Labute approximate surface area is 149 Å². The van der Waals surface area contributed by atoms with Gasteiger partial charge in [0.1, 0.15) is 12.4 Å². The van der Waals surface area contributed by atoms with E-state index >= 15 is 0 Å². The average Bonchev–Trinajstić information content (AvgIpc) is 2.94. The molecule has 0 saturated heterocycles. The molecular formula is C22H25NO2. The SMILES string of the molecule is Cc1ccccc1OCCn1cc(C(=O)C(C)(C)C)c2ccccc21. The number of carbonyl (C=O) groups excluding carboxylic acids is 1. The Balaban J connectivity index is 1.85. The van der Waals surface area contributed by atoms with E-state index in [-0.39, 0.29) is 5.78 Å². The van der Waals surface area contributed by atoms with E-state index in [0.717, 1.165) is 27.8 Å². The largest absolute Gasteiger partial charge is 0.491 e. The molecular weight excluding hydrogens is 310 g/mol. The minimum atomic E-state index is -0.396. The van der Waals surface area contributed by atoms with E-state index in [0.29, 0.717) is 13.2 Å². The van der Waals surface area contributed by atoms with Crippen LogP contribution in [-0.2, 0) is 6.54 Å². The van der Waals surface area contributed by atoms with Crippen molar-refractivity contribution in [1.29, 1.82) is 0 Å². The quantitative estimate of drug-likeness (QED) is 0.596. The zero-order valence-corrected chi connectivity index (χ0v) is 15.4. The van der Waals surface area contributed by atoms with Crippen LogP contribution in [0.4, 0.5) is 0 Å². The highest BCUT2D eigenvalue weighted by Crippen LogP contribution is 2.28. The van der Waals surface area contributed by atoms with Crippen molar-refractivity contribution in [2.24, 2.45) is 5.41 Å². The van der Waals surface area contributed by atoms with E-state index in [1.165, 1.54) is 0 Å². The highest BCUT2D eigenvalue weighted by molar-refractivity contribution is 6.10. The van der Waals surface area contributed by atoms with E-state index in [1.54, 1.807) is 0 Å². The minimum Gasteiger partial charge on any atom is -0.491 e. The van der Waals surface area contributed by atoms with Gasteiger partial charge < -0.3 is 9.30 Å². The number of carbonyl (C=O) groups is 1. The molecule has 0 atom stereocenters. The summed E-state index contributed by atoms with van der Waals surface area (Å²) in [6, 6.07) is 16.1. The summed E-state index contributed by atoms with van der Waals surface area (Å²) in [6.45, 7) is 9.19. The van der Waals surface area contributed by atoms with Crippen LogP contribution in [0.25, 0.3) is 10.9 Å². The summed E-state index contributed by atoms with van der Waals surface area (Å²) in [5.74, 6) is 1.08. The molecule has 0 N–H and O–H groups in total. The Morgan fingerprint density at radius 3 is 2.44 bits per heavy atom. The van der Waals surface area contributed by atoms with Gasteiger partial charge in [-0.15, -0.1) is 0 Å². The zero-order valence-electron chi connectivity index (χ0n) is 15.4. The van der Waals surface area contributed by atoms with Gasteiger partial charge in [-0.1, -0.05) is 57.2 Å². The number of fused-ring (bicyclic) bond motifs is 1. The molecule has 1 heterocycles. The van der Waals surface area contributed by atoms with Crippen molar-refractivity contribution < 1.29 is 9.53 Å².